The Bertz CT molecular complexity index is 384. The number of nitrogens with one attached hydrogen (secondary N) is 1. The van der Waals surface area contributed by atoms with E-state index in [1.165, 1.54) is 0 Å². The zero-order valence-corrected chi connectivity index (χ0v) is 11.5. The molecule has 2 heterocycles. The minimum atomic E-state index is 0.0631. The van der Waals surface area contributed by atoms with Gasteiger partial charge in [0.2, 0.25) is 0 Å². The molecule has 1 amide bonds. The van der Waals surface area contributed by atoms with E-state index < -0.39 is 0 Å². The summed E-state index contributed by atoms with van der Waals surface area (Å²) >= 11 is 0. The molecule has 0 spiro atoms. The Hall–Kier alpha value is -1.40. The Labute approximate surface area is 113 Å². The fourth-order valence-corrected chi connectivity index (χ4v) is 2.62. The molecule has 1 saturated heterocycles. The zero-order chi connectivity index (χ0) is 13.7. The Morgan fingerprint density at radius 1 is 1.47 bits per heavy atom. The van der Waals surface area contributed by atoms with Crippen LogP contribution in [0.3, 0.4) is 0 Å². The van der Waals surface area contributed by atoms with Crippen LogP contribution >= 0.6 is 0 Å². The number of rotatable bonds is 5. The summed E-state index contributed by atoms with van der Waals surface area (Å²) in [5, 5.41) is 6.50. The number of carbonyl (C=O) groups is 1. The largest absolute Gasteiger partial charge is 0.336 e. The number of nitrogens with zero attached hydrogens (tertiary/aromatic N) is 3. The Morgan fingerprint density at radius 3 is 2.74 bits per heavy atom. The van der Waals surface area contributed by atoms with E-state index in [4.69, 9.17) is 5.73 Å². The second-order valence-electron chi connectivity index (χ2n) is 4.99. The van der Waals surface area contributed by atoms with Crippen molar-refractivity contribution in [1.29, 1.82) is 0 Å². The maximum absolute atomic E-state index is 12.2. The Morgan fingerprint density at radius 2 is 2.21 bits per heavy atom. The number of piperazine rings is 1. The first-order valence-electron chi connectivity index (χ1n) is 6.98. The Balaban J connectivity index is 1.87. The van der Waals surface area contributed by atoms with Crippen LogP contribution in [-0.4, -0.2) is 64.7 Å². The predicted molar refractivity (Wildman–Crippen MR) is 73.8 cm³/mol. The summed E-state index contributed by atoms with van der Waals surface area (Å²) < 4.78 is 0. The summed E-state index contributed by atoms with van der Waals surface area (Å²) in [6, 6.07) is 0.455. The van der Waals surface area contributed by atoms with Gasteiger partial charge in [0.25, 0.3) is 5.91 Å². The average molecular weight is 265 g/mol. The number of hydrogen-bond acceptors (Lipinski definition) is 4. The predicted octanol–water partition coefficient (Wildman–Crippen LogP) is 0.295. The monoisotopic (exact) mass is 265 g/mol. The van der Waals surface area contributed by atoms with Crippen LogP contribution in [0.4, 0.5) is 0 Å². The maximum atomic E-state index is 12.2. The van der Waals surface area contributed by atoms with Crippen molar-refractivity contribution in [1.82, 2.24) is 20.0 Å². The second-order valence-corrected chi connectivity index (χ2v) is 4.99. The van der Waals surface area contributed by atoms with Gasteiger partial charge in [-0.25, -0.2) is 0 Å². The number of aromatic amines is 1. The number of amides is 1. The van der Waals surface area contributed by atoms with Crippen molar-refractivity contribution in [3.63, 3.8) is 0 Å². The van der Waals surface area contributed by atoms with Crippen molar-refractivity contribution >= 4 is 5.91 Å². The van der Waals surface area contributed by atoms with Crippen molar-refractivity contribution < 1.29 is 4.79 Å². The lowest BCUT2D eigenvalue weighted by Gasteiger charge is -2.38. The lowest BCUT2D eigenvalue weighted by molar-refractivity contribution is 0.0566. The van der Waals surface area contributed by atoms with Gasteiger partial charge in [0.05, 0.1) is 11.8 Å². The summed E-state index contributed by atoms with van der Waals surface area (Å²) in [7, 11) is 0. The van der Waals surface area contributed by atoms with Crippen molar-refractivity contribution in [2.24, 2.45) is 5.73 Å². The summed E-state index contributed by atoms with van der Waals surface area (Å²) in [6.07, 6.45) is 5.51. The molecule has 0 aromatic carbocycles. The van der Waals surface area contributed by atoms with Crippen molar-refractivity contribution in [3.05, 3.63) is 18.0 Å². The van der Waals surface area contributed by atoms with Gasteiger partial charge < -0.3 is 10.6 Å². The van der Waals surface area contributed by atoms with Gasteiger partial charge in [-0.3, -0.25) is 14.8 Å². The number of hydrogen-bond donors (Lipinski definition) is 2. The average Bonchev–Trinajstić information content (AvgIpc) is 2.98. The van der Waals surface area contributed by atoms with Crippen LogP contribution in [0.25, 0.3) is 0 Å². The van der Waals surface area contributed by atoms with E-state index in [1.54, 1.807) is 12.4 Å². The minimum Gasteiger partial charge on any atom is -0.336 e. The van der Waals surface area contributed by atoms with E-state index in [-0.39, 0.29) is 5.91 Å². The van der Waals surface area contributed by atoms with Crippen LogP contribution in [0, 0.1) is 0 Å². The topological polar surface area (TPSA) is 78.2 Å². The summed E-state index contributed by atoms with van der Waals surface area (Å²) in [4.78, 5) is 16.5. The summed E-state index contributed by atoms with van der Waals surface area (Å²) in [5.74, 6) is 0.0631. The van der Waals surface area contributed by atoms with Gasteiger partial charge in [-0.2, -0.15) is 5.10 Å². The van der Waals surface area contributed by atoms with Gasteiger partial charge in [-0.1, -0.05) is 13.3 Å². The fourth-order valence-electron chi connectivity index (χ4n) is 2.62. The number of H-pyrrole nitrogens is 1. The van der Waals surface area contributed by atoms with E-state index in [1.807, 2.05) is 4.90 Å². The summed E-state index contributed by atoms with van der Waals surface area (Å²) in [6.45, 7) is 6.23. The molecule has 0 radical (unpaired) electrons. The quantitative estimate of drug-likeness (QED) is 0.802. The van der Waals surface area contributed by atoms with Crippen LogP contribution in [0.1, 0.15) is 30.1 Å². The van der Waals surface area contributed by atoms with Crippen molar-refractivity contribution in [3.8, 4) is 0 Å². The van der Waals surface area contributed by atoms with Crippen LogP contribution in [0.15, 0.2) is 12.4 Å². The van der Waals surface area contributed by atoms with E-state index in [0.717, 1.165) is 39.0 Å². The summed E-state index contributed by atoms with van der Waals surface area (Å²) in [5.41, 5.74) is 6.46. The highest BCUT2D eigenvalue weighted by Crippen LogP contribution is 2.12. The highest BCUT2D eigenvalue weighted by Gasteiger charge is 2.25. The standard InChI is InChI=1S/C13H23N5O/c1-2-3-12(8-14)17-4-6-18(7-5-17)13(19)11-9-15-16-10-11/h9-10,12H,2-8,14H2,1H3,(H,15,16). The van der Waals surface area contributed by atoms with Gasteiger partial charge in [-0.15, -0.1) is 0 Å². The number of carbonyl (C=O) groups excluding carboxylic acids is 1. The molecule has 6 nitrogen and oxygen atoms in total. The molecule has 1 aliphatic heterocycles. The molecule has 3 N–H and O–H groups in total. The van der Waals surface area contributed by atoms with Crippen molar-refractivity contribution in [2.75, 3.05) is 32.7 Å². The molecule has 0 bridgehead atoms. The number of aromatic nitrogens is 2. The lowest BCUT2D eigenvalue weighted by atomic mass is 10.1. The Kier molecular flexibility index (Phi) is 4.93. The van der Waals surface area contributed by atoms with Gasteiger partial charge in [0.1, 0.15) is 0 Å². The van der Waals surface area contributed by atoms with E-state index in [0.29, 0.717) is 18.2 Å². The molecule has 2 rings (SSSR count). The molecule has 1 fully saturated rings. The van der Waals surface area contributed by atoms with Gasteiger partial charge in [0.15, 0.2) is 0 Å². The van der Waals surface area contributed by atoms with E-state index >= 15 is 0 Å². The van der Waals surface area contributed by atoms with E-state index in [2.05, 4.69) is 22.0 Å². The second kappa shape index (κ2) is 6.68. The molecule has 1 aromatic rings. The maximum Gasteiger partial charge on any atom is 0.257 e. The third-order valence-corrected chi connectivity index (χ3v) is 3.76. The lowest BCUT2D eigenvalue weighted by Crippen LogP contribution is -2.53. The van der Waals surface area contributed by atoms with Crippen LogP contribution in [0.5, 0.6) is 0 Å². The highest BCUT2D eigenvalue weighted by molar-refractivity contribution is 5.93. The fraction of sp³-hybridized carbons (Fsp3) is 0.692. The minimum absolute atomic E-state index is 0.0631. The molecule has 1 aromatic heterocycles. The van der Waals surface area contributed by atoms with Crippen LogP contribution < -0.4 is 5.73 Å². The number of nitrogens with two attached hydrogens (primary N) is 1. The zero-order valence-electron chi connectivity index (χ0n) is 11.5. The normalized spacial score (nSPS) is 18.5. The van der Waals surface area contributed by atoms with Crippen molar-refractivity contribution in [2.45, 2.75) is 25.8 Å². The molecule has 1 aliphatic rings. The van der Waals surface area contributed by atoms with Crippen LogP contribution in [-0.2, 0) is 0 Å². The highest BCUT2D eigenvalue weighted by atomic mass is 16.2. The third kappa shape index (κ3) is 3.33. The smallest absolute Gasteiger partial charge is 0.257 e. The first-order chi connectivity index (χ1) is 9.26. The first kappa shape index (κ1) is 14.0. The molecular formula is C13H23N5O. The molecule has 1 unspecified atom stereocenters. The molecule has 106 valence electrons. The molecule has 0 aliphatic carbocycles. The molecule has 19 heavy (non-hydrogen) atoms. The molecule has 1 atom stereocenters. The van der Waals surface area contributed by atoms with Gasteiger partial charge >= 0.3 is 0 Å². The molecule has 6 heteroatoms. The van der Waals surface area contributed by atoms with E-state index in [9.17, 15) is 4.79 Å². The molecule has 0 saturated carbocycles. The van der Waals surface area contributed by atoms with Gasteiger partial charge in [-0.05, 0) is 6.42 Å². The van der Waals surface area contributed by atoms with Crippen LogP contribution in [0.2, 0.25) is 0 Å². The molecular weight excluding hydrogens is 242 g/mol. The third-order valence-electron chi connectivity index (χ3n) is 3.76. The van der Waals surface area contributed by atoms with Gasteiger partial charge in [0, 0.05) is 45.0 Å². The SMILES string of the molecule is CCCC(CN)N1CCN(C(=O)c2cn[nH]c2)CC1. The first-order valence-corrected chi connectivity index (χ1v) is 6.98.